The van der Waals surface area contributed by atoms with Gasteiger partial charge >= 0.3 is 6.18 Å². The van der Waals surface area contributed by atoms with Gasteiger partial charge in [0.25, 0.3) is 0 Å². The lowest BCUT2D eigenvalue weighted by Gasteiger charge is -2.36. The summed E-state index contributed by atoms with van der Waals surface area (Å²) in [6.07, 6.45) is -4.46. The molecule has 1 aliphatic rings. The van der Waals surface area contributed by atoms with Gasteiger partial charge in [-0.15, -0.1) is 0 Å². The Kier molecular flexibility index (Phi) is 6.30. The quantitative estimate of drug-likeness (QED) is 0.820. The van der Waals surface area contributed by atoms with Crippen LogP contribution in [0.2, 0.25) is 0 Å². The first-order valence-electron chi connectivity index (χ1n) is 8.16. The smallest absolute Gasteiger partial charge is 0.346 e. The molecule has 0 aromatic heterocycles. The van der Waals surface area contributed by atoms with Gasteiger partial charge in [-0.3, -0.25) is 9.69 Å². The third-order valence-corrected chi connectivity index (χ3v) is 6.24. The highest BCUT2D eigenvalue weighted by molar-refractivity contribution is 7.89. The van der Waals surface area contributed by atoms with Gasteiger partial charge in [-0.05, 0) is 26.0 Å². The zero-order chi connectivity index (χ0) is 19.5. The van der Waals surface area contributed by atoms with Gasteiger partial charge in [0, 0.05) is 26.2 Å². The Morgan fingerprint density at radius 3 is 2.19 bits per heavy atom. The van der Waals surface area contributed by atoms with E-state index in [9.17, 15) is 26.4 Å². The van der Waals surface area contributed by atoms with Gasteiger partial charge in [-0.1, -0.05) is 17.7 Å². The van der Waals surface area contributed by atoms with Crippen molar-refractivity contribution in [2.45, 2.75) is 31.0 Å². The fourth-order valence-corrected chi connectivity index (χ4v) is 4.11. The molecule has 0 aliphatic carbocycles. The Bertz CT molecular complexity index is 727. The fourth-order valence-electron chi connectivity index (χ4n) is 2.69. The van der Waals surface area contributed by atoms with Crippen LogP contribution < -0.4 is 5.32 Å². The number of piperazine rings is 1. The van der Waals surface area contributed by atoms with Crippen molar-refractivity contribution in [1.29, 1.82) is 0 Å². The Morgan fingerprint density at radius 1 is 1.15 bits per heavy atom. The largest absolute Gasteiger partial charge is 0.405 e. The summed E-state index contributed by atoms with van der Waals surface area (Å²) in [5, 5.41) is 1.85. The molecule has 0 bridgehead atoms. The molecule has 1 saturated heterocycles. The van der Waals surface area contributed by atoms with Crippen molar-refractivity contribution in [2.24, 2.45) is 0 Å². The van der Waals surface area contributed by atoms with Crippen molar-refractivity contribution >= 4 is 15.9 Å². The lowest BCUT2D eigenvalue weighted by molar-refractivity contribution is -0.141. The van der Waals surface area contributed by atoms with E-state index in [0.29, 0.717) is 0 Å². The number of nitrogens with one attached hydrogen (secondary N) is 1. The van der Waals surface area contributed by atoms with E-state index in [0.717, 1.165) is 5.56 Å². The minimum Gasteiger partial charge on any atom is -0.346 e. The highest BCUT2D eigenvalue weighted by atomic mass is 32.2. The number of hydrogen-bond acceptors (Lipinski definition) is 4. The summed E-state index contributed by atoms with van der Waals surface area (Å²) >= 11 is 0. The highest BCUT2D eigenvalue weighted by Crippen LogP contribution is 2.19. The minimum absolute atomic E-state index is 0.174. The number of aryl methyl sites for hydroxylation is 1. The maximum atomic E-state index is 12.6. The monoisotopic (exact) mass is 393 g/mol. The molecule has 0 spiro atoms. The van der Waals surface area contributed by atoms with E-state index in [4.69, 9.17) is 0 Å². The van der Waals surface area contributed by atoms with Crippen LogP contribution in [-0.2, 0) is 14.8 Å². The average Bonchev–Trinajstić information content (AvgIpc) is 2.59. The zero-order valence-corrected chi connectivity index (χ0v) is 15.4. The van der Waals surface area contributed by atoms with Crippen LogP contribution in [0.3, 0.4) is 0 Å². The third-order valence-electron chi connectivity index (χ3n) is 4.32. The molecule has 1 aliphatic heterocycles. The van der Waals surface area contributed by atoms with E-state index in [1.807, 2.05) is 12.2 Å². The fraction of sp³-hybridized carbons (Fsp3) is 0.562. The molecular weight excluding hydrogens is 371 g/mol. The van der Waals surface area contributed by atoms with Gasteiger partial charge in [0.05, 0.1) is 10.9 Å². The van der Waals surface area contributed by atoms with Gasteiger partial charge in [0.15, 0.2) is 0 Å². The van der Waals surface area contributed by atoms with Crippen LogP contribution in [0, 0.1) is 6.92 Å². The molecule has 2 rings (SSSR count). The molecule has 1 atom stereocenters. The molecule has 0 radical (unpaired) electrons. The number of carbonyl (C=O) groups is 1. The molecule has 1 heterocycles. The maximum absolute atomic E-state index is 12.6. The molecule has 1 amide bonds. The Balaban J connectivity index is 1.94. The van der Waals surface area contributed by atoms with Gasteiger partial charge in [0.1, 0.15) is 6.54 Å². The second-order valence-corrected chi connectivity index (χ2v) is 8.20. The third kappa shape index (κ3) is 5.18. The van der Waals surface area contributed by atoms with Gasteiger partial charge in [-0.2, -0.15) is 17.5 Å². The minimum atomic E-state index is -4.46. The predicted molar refractivity (Wildman–Crippen MR) is 90.0 cm³/mol. The van der Waals surface area contributed by atoms with Crippen LogP contribution in [0.5, 0.6) is 0 Å². The van der Waals surface area contributed by atoms with Gasteiger partial charge in [0.2, 0.25) is 15.9 Å². The topological polar surface area (TPSA) is 69.7 Å². The van der Waals surface area contributed by atoms with Crippen molar-refractivity contribution in [3.63, 3.8) is 0 Å². The van der Waals surface area contributed by atoms with Crippen molar-refractivity contribution in [3.8, 4) is 0 Å². The first-order valence-corrected chi connectivity index (χ1v) is 9.60. The molecule has 1 unspecified atom stereocenters. The van der Waals surface area contributed by atoms with Gasteiger partial charge < -0.3 is 5.32 Å². The van der Waals surface area contributed by atoms with E-state index in [1.165, 1.54) is 11.2 Å². The highest BCUT2D eigenvalue weighted by Gasteiger charge is 2.33. The molecule has 6 nitrogen and oxygen atoms in total. The summed E-state index contributed by atoms with van der Waals surface area (Å²) in [5.74, 6) is -0.725. The van der Waals surface area contributed by atoms with Crippen LogP contribution in [0.25, 0.3) is 0 Å². The lowest BCUT2D eigenvalue weighted by atomic mass is 10.2. The predicted octanol–water partition coefficient (Wildman–Crippen LogP) is 1.37. The second kappa shape index (κ2) is 7.93. The van der Waals surface area contributed by atoms with Crippen molar-refractivity contribution in [2.75, 3.05) is 32.7 Å². The number of nitrogens with zero attached hydrogens (tertiary/aromatic N) is 2. The Labute approximate surface area is 151 Å². The number of alkyl halides is 3. The van der Waals surface area contributed by atoms with Crippen molar-refractivity contribution in [1.82, 2.24) is 14.5 Å². The molecule has 0 saturated carbocycles. The SMILES string of the molecule is Cc1ccc(S(=O)(=O)N2CCN(C(C)C(=O)NCC(F)(F)F)CC2)cc1. The van der Waals surface area contributed by atoms with Gasteiger partial charge in [-0.25, -0.2) is 8.42 Å². The summed E-state index contributed by atoms with van der Waals surface area (Å²) in [7, 11) is -3.62. The molecule has 146 valence electrons. The Hall–Kier alpha value is -1.65. The molecule has 1 N–H and O–H groups in total. The van der Waals surface area contributed by atoms with Crippen LogP contribution in [0.15, 0.2) is 29.2 Å². The standard InChI is InChI=1S/C16H22F3N3O3S/c1-12-3-5-14(6-4-12)26(24,25)22-9-7-21(8-10-22)13(2)15(23)20-11-16(17,18)19/h3-6,13H,7-11H2,1-2H3,(H,20,23). The first kappa shape index (κ1) is 20.7. The Morgan fingerprint density at radius 2 is 1.69 bits per heavy atom. The number of rotatable bonds is 5. The van der Waals surface area contributed by atoms with E-state index in [2.05, 4.69) is 0 Å². The molecule has 26 heavy (non-hydrogen) atoms. The number of hydrogen-bond donors (Lipinski definition) is 1. The van der Waals surface area contributed by atoms with Crippen LogP contribution in [0.4, 0.5) is 13.2 Å². The number of sulfonamides is 1. The maximum Gasteiger partial charge on any atom is 0.405 e. The normalized spacial score (nSPS) is 18.5. The summed E-state index contributed by atoms with van der Waals surface area (Å²) in [4.78, 5) is 13.7. The van der Waals surface area contributed by atoms with E-state index in [-0.39, 0.29) is 31.1 Å². The molecular formula is C16H22F3N3O3S. The average molecular weight is 393 g/mol. The number of carbonyl (C=O) groups excluding carboxylic acids is 1. The molecule has 1 fully saturated rings. The molecule has 1 aromatic carbocycles. The summed E-state index contributed by atoms with van der Waals surface area (Å²) in [6.45, 7) is 2.88. The van der Waals surface area contributed by atoms with Crippen LogP contribution >= 0.6 is 0 Å². The van der Waals surface area contributed by atoms with E-state index >= 15 is 0 Å². The summed E-state index contributed by atoms with van der Waals surface area (Å²) in [5.41, 5.74) is 0.951. The number of benzene rings is 1. The molecule has 10 heteroatoms. The van der Waals surface area contributed by atoms with Crippen molar-refractivity contribution in [3.05, 3.63) is 29.8 Å². The zero-order valence-electron chi connectivity index (χ0n) is 14.6. The first-order chi connectivity index (χ1) is 12.0. The lowest BCUT2D eigenvalue weighted by Crippen LogP contribution is -2.55. The number of amides is 1. The molecule has 1 aromatic rings. The summed E-state index contributed by atoms with van der Waals surface area (Å²) < 4.78 is 63.1. The van der Waals surface area contributed by atoms with Crippen molar-refractivity contribution < 1.29 is 26.4 Å². The van der Waals surface area contributed by atoms with Crippen LogP contribution in [-0.4, -0.2) is 68.5 Å². The van der Waals surface area contributed by atoms with E-state index < -0.39 is 34.7 Å². The summed E-state index contributed by atoms with van der Waals surface area (Å²) in [6, 6.07) is 5.77. The second-order valence-electron chi connectivity index (χ2n) is 6.26. The van der Waals surface area contributed by atoms with Crippen LogP contribution in [0.1, 0.15) is 12.5 Å². The number of halogens is 3. The van der Waals surface area contributed by atoms with E-state index in [1.54, 1.807) is 29.2 Å².